The first-order valence-electron chi connectivity index (χ1n) is 11.6. The molecule has 1 atom stereocenters. The molecule has 2 aromatic rings. The maximum Gasteiger partial charge on any atom is 0.295 e. The molecule has 1 saturated heterocycles. The molecule has 1 heterocycles. The van der Waals surface area contributed by atoms with Gasteiger partial charge in [0, 0.05) is 12.1 Å². The Morgan fingerprint density at radius 3 is 2.45 bits per heavy atom. The summed E-state index contributed by atoms with van der Waals surface area (Å²) in [7, 11) is 3.95. The highest BCUT2D eigenvalue weighted by molar-refractivity contribution is 6.46. The normalized spacial score (nSPS) is 17.7. The zero-order chi connectivity index (χ0) is 24.0. The van der Waals surface area contributed by atoms with Crippen LogP contribution in [0.4, 0.5) is 0 Å². The van der Waals surface area contributed by atoms with E-state index in [1.54, 1.807) is 17.0 Å². The molecule has 176 valence electrons. The van der Waals surface area contributed by atoms with Crippen LogP contribution in [0.15, 0.2) is 54.1 Å². The predicted molar refractivity (Wildman–Crippen MR) is 130 cm³/mol. The van der Waals surface area contributed by atoms with Gasteiger partial charge >= 0.3 is 0 Å². The zero-order valence-corrected chi connectivity index (χ0v) is 20.0. The predicted octanol–water partition coefficient (Wildman–Crippen LogP) is 4.55. The van der Waals surface area contributed by atoms with Crippen LogP contribution in [0.2, 0.25) is 0 Å². The molecule has 1 N–H and O–H groups in total. The number of carbonyl (C=O) groups is 2. The number of nitrogens with zero attached hydrogens (tertiary/aromatic N) is 2. The van der Waals surface area contributed by atoms with Crippen molar-refractivity contribution in [1.82, 2.24) is 9.80 Å². The topological polar surface area (TPSA) is 70.1 Å². The lowest BCUT2D eigenvalue weighted by Gasteiger charge is -2.26. The smallest absolute Gasteiger partial charge is 0.295 e. The Balaban J connectivity index is 2.00. The fourth-order valence-electron chi connectivity index (χ4n) is 4.12. The molecule has 1 aliphatic heterocycles. The van der Waals surface area contributed by atoms with Gasteiger partial charge in [-0.25, -0.2) is 0 Å². The monoisotopic (exact) mass is 450 g/mol. The molecular weight excluding hydrogens is 416 g/mol. The summed E-state index contributed by atoms with van der Waals surface area (Å²) in [6.07, 6.45) is 2.74. The van der Waals surface area contributed by atoms with Gasteiger partial charge in [0.2, 0.25) is 0 Å². The van der Waals surface area contributed by atoms with Crippen molar-refractivity contribution in [2.45, 2.75) is 39.2 Å². The van der Waals surface area contributed by atoms with E-state index in [2.05, 4.69) is 6.92 Å². The first-order chi connectivity index (χ1) is 15.8. The highest BCUT2D eigenvalue weighted by atomic mass is 16.5. The molecule has 0 radical (unpaired) electrons. The highest BCUT2D eigenvalue weighted by Gasteiger charge is 2.45. The van der Waals surface area contributed by atoms with E-state index in [1.807, 2.05) is 62.3 Å². The molecule has 0 unspecified atom stereocenters. The Hall–Kier alpha value is -3.12. The minimum atomic E-state index is -0.645. The SMILES string of the molecule is CCCCOc1ccc(/C(O)=C2\C(=O)C(=O)N(CCCN(C)C)[C@@H]2c2ccccc2)c(C)c1. The second-order valence-corrected chi connectivity index (χ2v) is 8.74. The number of amides is 1. The first-order valence-corrected chi connectivity index (χ1v) is 11.6. The molecule has 1 aliphatic rings. The van der Waals surface area contributed by atoms with Crippen LogP contribution in [0.1, 0.15) is 48.9 Å². The van der Waals surface area contributed by atoms with Gasteiger partial charge in [-0.3, -0.25) is 9.59 Å². The van der Waals surface area contributed by atoms with Crippen LogP contribution in [0.25, 0.3) is 5.76 Å². The Morgan fingerprint density at radius 1 is 1.09 bits per heavy atom. The van der Waals surface area contributed by atoms with Crippen LogP contribution < -0.4 is 4.74 Å². The summed E-state index contributed by atoms with van der Waals surface area (Å²) < 4.78 is 5.77. The minimum Gasteiger partial charge on any atom is -0.507 e. The van der Waals surface area contributed by atoms with E-state index in [9.17, 15) is 14.7 Å². The number of aliphatic hydroxyl groups excluding tert-OH is 1. The van der Waals surface area contributed by atoms with Gasteiger partial charge in [0.05, 0.1) is 18.2 Å². The van der Waals surface area contributed by atoms with Crippen molar-refractivity contribution >= 4 is 17.4 Å². The lowest BCUT2D eigenvalue weighted by atomic mass is 9.94. The molecule has 33 heavy (non-hydrogen) atoms. The van der Waals surface area contributed by atoms with E-state index in [4.69, 9.17) is 4.74 Å². The van der Waals surface area contributed by atoms with Gasteiger partial charge in [0.25, 0.3) is 11.7 Å². The van der Waals surface area contributed by atoms with Crippen molar-refractivity contribution in [2.75, 3.05) is 33.8 Å². The average molecular weight is 451 g/mol. The van der Waals surface area contributed by atoms with E-state index in [0.29, 0.717) is 18.7 Å². The summed E-state index contributed by atoms with van der Waals surface area (Å²) in [5, 5.41) is 11.3. The van der Waals surface area contributed by atoms with Crippen LogP contribution in [0.5, 0.6) is 5.75 Å². The van der Waals surface area contributed by atoms with Crippen molar-refractivity contribution in [1.29, 1.82) is 0 Å². The molecule has 1 fully saturated rings. The Morgan fingerprint density at radius 2 is 1.82 bits per heavy atom. The number of aryl methyl sites for hydroxylation is 1. The van der Waals surface area contributed by atoms with Crippen LogP contribution in [0, 0.1) is 6.92 Å². The number of benzene rings is 2. The third-order valence-electron chi connectivity index (χ3n) is 5.88. The number of Topliss-reactive ketones (excluding diaryl/α,β-unsaturated/α-hetero) is 1. The molecule has 6 nitrogen and oxygen atoms in total. The number of unbranched alkanes of at least 4 members (excludes halogenated alkanes) is 1. The summed E-state index contributed by atoms with van der Waals surface area (Å²) in [4.78, 5) is 29.7. The minimum absolute atomic E-state index is 0.138. The summed E-state index contributed by atoms with van der Waals surface area (Å²) in [6.45, 7) is 5.83. The fraction of sp³-hybridized carbons (Fsp3) is 0.407. The number of hydrogen-bond donors (Lipinski definition) is 1. The molecule has 0 spiro atoms. The Labute approximate surface area is 196 Å². The average Bonchev–Trinajstić information content (AvgIpc) is 3.04. The van der Waals surface area contributed by atoms with Crippen molar-refractivity contribution in [2.24, 2.45) is 0 Å². The van der Waals surface area contributed by atoms with Gasteiger partial charge in [0.15, 0.2) is 0 Å². The van der Waals surface area contributed by atoms with E-state index in [1.165, 1.54) is 0 Å². The number of likely N-dealkylation sites (tertiary alicyclic amines) is 1. The number of ketones is 1. The summed E-state index contributed by atoms with van der Waals surface area (Å²) in [5.74, 6) is -0.633. The number of hydrogen-bond acceptors (Lipinski definition) is 5. The van der Waals surface area contributed by atoms with Crippen molar-refractivity contribution in [3.63, 3.8) is 0 Å². The van der Waals surface area contributed by atoms with Crippen LogP contribution in [-0.2, 0) is 9.59 Å². The molecule has 6 heteroatoms. The van der Waals surface area contributed by atoms with Gasteiger partial charge in [-0.15, -0.1) is 0 Å². The van der Waals surface area contributed by atoms with Crippen LogP contribution in [0.3, 0.4) is 0 Å². The molecule has 0 aliphatic carbocycles. The maximum absolute atomic E-state index is 13.1. The van der Waals surface area contributed by atoms with Gasteiger partial charge in [-0.2, -0.15) is 0 Å². The van der Waals surface area contributed by atoms with Crippen molar-refractivity contribution in [3.05, 3.63) is 70.8 Å². The highest BCUT2D eigenvalue weighted by Crippen LogP contribution is 2.40. The Kier molecular flexibility index (Phi) is 8.28. The lowest BCUT2D eigenvalue weighted by Crippen LogP contribution is -2.32. The molecule has 3 rings (SSSR count). The third-order valence-corrected chi connectivity index (χ3v) is 5.88. The van der Waals surface area contributed by atoms with E-state index in [-0.39, 0.29) is 11.3 Å². The van der Waals surface area contributed by atoms with Gasteiger partial charge in [-0.1, -0.05) is 43.7 Å². The lowest BCUT2D eigenvalue weighted by molar-refractivity contribution is -0.139. The molecule has 1 amide bonds. The molecule has 2 aromatic carbocycles. The fourth-order valence-corrected chi connectivity index (χ4v) is 4.12. The molecule has 0 saturated carbocycles. The molecule has 0 aromatic heterocycles. The molecule has 0 bridgehead atoms. The first kappa shape index (κ1) is 24.5. The summed E-state index contributed by atoms with van der Waals surface area (Å²) in [6, 6.07) is 14.2. The van der Waals surface area contributed by atoms with Crippen molar-refractivity contribution in [3.8, 4) is 5.75 Å². The summed E-state index contributed by atoms with van der Waals surface area (Å²) >= 11 is 0. The maximum atomic E-state index is 13.1. The number of ether oxygens (including phenoxy) is 1. The largest absolute Gasteiger partial charge is 0.507 e. The summed E-state index contributed by atoms with van der Waals surface area (Å²) in [5.41, 5.74) is 2.26. The van der Waals surface area contributed by atoms with Gasteiger partial charge < -0.3 is 19.6 Å². The van der Waals surface area contributed by atoms with Crippen LogP contribution in [-0.4, -0.2) is 60.4 Å². The molecular formula is C27H34N2O4. The number of aliphatic hydroxyl groups is 1. The zero-order valence-electron chi connectivity index (χ0n) is 20.0. The van der Waals surface area contributed by atoms with Gasteiger partial charge in [0.1, 0.15) is 11.5 Å². The van der Waals surface area contributed by atoms with Crippen LogP contribution >= 0.6 is 0 Å². The third kappa shape index (κ3) is 5.63. The second-order valence-electron chi connectivity index (χ2n) is 8.74. The Bertz CT molecular complexity index is 1010. The quantitative estimate of drug-likeness (QED) is 0.249. The number of carbonyl (C=O) groups excluding carboxylic acids is 2. The van der Waals surface area contributed by atoms with E-state index < -0.39 is 17.7 Å². The van der Waals surface area contributed by atoms with E-state index in [0.717, 1.165) is 42.7 Å². The van der Waals surface area contributed by atoms with Crippen molar-refractivity contribution < 1.29 is 19.4 Å². The van der Waals surface area contributed by atoms with Gasteiger partial charge in [-0.05, 0) is 69.7 Å². The second kappa shape index (κ2) is 11.1. The van der Waals surface area contributed by atoms with E-state index >= 15 is 0 Å². The number of rotatable bonds is 10. The standard InChI is InChI=1S/C27H34N2O4/c1-5-6-17-33-21-13-14-22(19(2)18-21)25(30)23-24(20-11-8-7-9-12-20)29(27(32)26(23)31)16-10-15-28(3)4/h7-9,11-14,18,24,30H,5-6,10,15-17H2,1-4H3/b25-23+/t24-/m1/s1.